The van der Waals surface area contributed by atoms with Crippen molar-refractivity contribution in [2.45, 2.75) is 0 Å². The van der Waals surface area contributed by atoms with Crippen LogP contribution in [0.25, 0.3) is 0 Å². The zero-order valence-electron chi connectivity index (χ0n) is 9.25. The lowest BCUT2D eigenvalue weighted by Gasteiger charge is -2.09. The minimum absolute atomic E-state index is 0.246. The molecule has 0 atom stereocenters. The molecule has 1 aromatic carbocycles. The van der Waals surface area contributed by atoms with Gasteiger partial charge in [-0.05, 0) is 18.2 Å². The van der Waals surface area contributed by atoms with Crippen LogP contribution in [-0.2, 0) is 0 Å². The second-order valence-electron chi connectivity index (χ2n) is 3.56. The van der Waals surface area contributed by atoms with Gasteiger partial charge >= 0.3 is 0 Å². The van der Waals surface area contributed by atoms with Crippen LogP contribution in [0.15, 0.2) is 30.6 Å². The van der Waals surface area contributed by atoms with Crippen molar-refractivity contribution >= 4 is 58.0 Å². The Kier molecular flexibility index (Phi) is 4.53. The number of hydrogen-bond donors (Lipinski definition) is 1. The molecular weight excluding hydrogens is 330 g/mol. The molecule has 0 bridgehead atoms. The Hall–Kier alpha value is -1.00. The first-order valence-corrected chi connectivity index (χ1v) is 6.55. The van der Waals surface area contributed by atoms with Gasteiger partial charge in [-0.2, -0.15) is 0 Å². The fourth-order valence-corrected chi connectivity index (χ4v) is 2.17. The number of rotatable bonds is 2. The van der Waals surface area contributed by atoms with Gasteiger partial charge in [0.25, 0.3) is 5.91 Å². The van der Waals surface area contributed by atoms with Crippen molar-refractivity contribution < 1.29 is 4.79 Å². The molecule has 0 aliphatic rings. The van der Waals surface area contributed by atoms with Crippen molar-refractivity contribution in [3.8, 4) is 0 Å². The molecule has 0 aliphatic heterocycles. The van der Waals surface area contributed by atoms with Crippen LogP contribution in [0.5, 0.6) is 0 Å². The normalized spacial score (nSPS) is 10.3. The largest absolute Gasteiger partial charge is 0.321 e. The van der Waals surface area contributed by atoms with Crippen LogP contribution in [-0.4, -0.2) is 10.9 Å². The molecule has 0 spiro atoms. The molecular formula is C12H6Cl4N2O. The van der Waals surface area contributed by atoms with Gasteiger partial charge in [0, 0.05) is 12.4 Å². The Bertz CT molecular complexity index is 646. The number of hydrogen-bond acceptors (Lipinski definition) is 2. The van der Waals surface area contributed by atoms with Crippen molar-refractivity contribution in [3.05, 3.63) is 56.2 Å². The molecule has 1 heterocycles. The molecule has 0 aliphatic carbocycles. The van der Waals surface area contributed by atoms with Gasteiger partial charge in [-0.1, -0.05) is 46.4 Å². The van der Waals surface area contributed by atoms with E-state index in [4.69, 9.17) is 46.4 Å². The molecule has 1 N–H and O–H groups in total. The van der Waals surface area contributed by atoms with E-state index in [0.717, 1.165) is 0 Å². The third-order valence-electron chi connectivity index (χ3n) is 2.28. The predicted octanol–water partition coefficient (Wildman–Crippen LogP) is 4.95. The highest BCUT2D eigenvalue weighted by atomic mass is 35.5. The summed E-state index contributed by atoms with van der Waals surface area (Å²) in [5.74, 6) is -0.410. The van der Waals surface area contributed by atoms with Crippen molar-refractivity contribution in [3.63, 3.8) is 0 Å². The van der Waals surface area contributed by atoms with Gasteiger partial charge < -0.3 is 5.32 Å². The van der Waals surface area contributed by atoms with Crippen LogP contribution >= 0.6 is 46.4 Å². The number of amides is 1. The predicted molar refractivity (Wildman–Crippen MR) is 78.7 cm³/mol. The number of carbonyl (C=O) groups excluding carboxylic acids is 1. The average molecular weight is 336 g/mol. The average Bonchev–Trinajstić information content (AvgIpc) is 2.36. The number of nitrogens with one attached hydrogen (secondary N) is 1. The third kappa shape index (κ3) is 3.31. The summed E-state index contributed by atoms with van der Waals surface area (Å²) in [7, 11) is 0. The smallest absolute Gasteiger partial charge is 0.257 e. The topological polar surface area (TPSA) is 42.0 Å². The molecule has 0 unspecified atom stereocenters. The lowest BCUT2D eigenvalue weighted by molar-refractivity contribution is 0.102. The standard InChI is InChI=1S/C12H6Cl4N2O/c13-7-3-9(15)11(4-8(7)14)18-12(19)6-1-2-17-5-10(6)16/h1-5H,(H,18,19). The lowest BCUT2D eigenvalue weighted by atomic mass is 10.2. The molecule has 0 saturated heterocycles. The molecule has 98 valence electrons. The highest BCUT2D eigenvalue weighted by molar-refractivity contribution is 6.44. The maximum atomic E-state index is 12.0. The van der Waals surface area contributed by atoms with Crippen LogP contribution in [0.3, 0.4) is 0 Å². The number of nitrogens with zero attached hydrogens (tertiary/aromatic N) is 1. The zero-order chi connectivity index (χ0) is 14.0. The first-order chi connectivity index (χ1) is 8.99. The number of benzene rings is 1. The van der Waals surface area contributed by atoms with E-state index >= 15 is 0 Å². The number of aromatic nitrogens is 1. The maximum Gasteiger partial charge on any atom is 0.257 e. The Morgan fingerprint density at radius 3 is 2.37 bits per heavy atom. The third-order valence-corrected chi connectivity index (χ3v) is 3.61. The van der Waals surface area contributed by atoms with Gasteiger partial charge in [0.2, 0.25) is 0 Å². The summed E-state index contributed by atoms with van der Waals surface area (Å²) in [6.45, 7) is 0. The molecule has 3 nitrogen and oxygen atoms in total. The summed E-state index contributed by atoms with van der Waals surface area (Å²) in [5, 5.41) is 3.75. The van der Waals surface area contributed by atoms with E-state index in [1.165, 1.54) is 30.6 Å². The molecule has 7 heteroatoms. The molecule has 0 saturated carbocycles. The number of carbonyl (C=O) groups is 1. The Morgan fingerprint density at radius 1 is 1.00 bits per heavy atom. The van der Waals surface area contributed by atoms with E-state index in [-0.39, 0.29) is 10.0 Å². The molecule has 1 amide bonds. The van der Waals surface area contributed by atoms with Crippen LogP contribution in [0.4, 0.5) is 5.69 Å². The van der Waals surface area contributed by atoms with Crippen molar-refractivity contribution in [1.29, 1.82) is 0 Å². The lowest BCUT2D eigenvalue weighted by Crippen LogP contribution is -2.13. The van der Waals surface area contributed by atoms with E-state index in [0.29, 0.717) is 21.3 Å². The molecule has 1 aromatic heterocycles. The Balaban J connectivity index is 2.30. The second-order valence-corrected chi connectivity index (χ2v) is 5.18. The fraction of sp³-hybridized carbons (Fsp3) is 0. The second kappa shape index (κ2) is 5.97. The highest BCUT2D eigenvalue weighted by Crippen LogP contribution is 2.32. The SMILES string of the molecule is O=C(Nc1cc(Cl)c(Cl)cc1Cl)c1ccncc1Cl. The Morgan fingerprint density at radius 2 is 1.68 bits per heavy atom. The summed E-state index contributed by atoms with van der Waals surface area (Å²) >= 11 is 23.5. The number of anilines is 1. The van der Waals surface area contributed by atoms with Gasteiger partial charge in [-0.3, -0.25) is 9.78 Å². The summed E-state index contributed by atoms with van der Waals surface area (Å²) in [5.41, 5.74) is 0.646. The highest BCUT2D eigenvalue weighted by Gasteiger charge is 2.13. The van der Waals surface area contributed by atoms with Crippen molar-refractivity contribution in [2.24, 2.45) is 0 Å². The van der Waals surface area contributed by atoms with E-state index in [9.17, 15) is 4.79 Å². The Labute approximate surface area is 129 Å². The quantitative estimate of drug-likeness (QED) is 0.789. The number of pyridine rings is 1. The molecule has 2 aromatic rings. The van der Waals surface area contributed by atoms with Crippen LogP contribution in [0.1, 0.15) is 10.4 Å². The van der Waals surface area contributed by atoms with Gasteiger partial charge in [-0.15, -0.1) is 0 Å². The molecule has 0 radical (unpaired) electrons. The summed E-state index contributed by atoms with van der Waals surface area (Å²) in [6, 6.07) is 4.43. The summed E-state index contributed by atoms with van der Waals surface area (Å²) in [6.07, 6.45) is 2.85. The van der Waals surface area contributed by atoms with Gasteiger partial charge in [0.15, 0.2) is 0 Å². The van der Waals surface area contributed by atoms with Gasteiger partial charge in [-0.25, -0.2) is 0 Å². The fourth-order valence-electron chi connectivity index (χ4n) is 1.37. The van der Waals surface area contributed by atoms with E-state index in [1.807, 2.05) is 0 Å². The van der Waals surface area contributed by atoms with Gasteiger partial charge in [0.05, 0.1) is 31.3 Å². The van der Waals surface area contributed by atoms with Crippen LogP contribution < -0.4 is 5.32 Å². The minimum Gasteiger partial charge on any atom is -0.321 e. The summed E-state index contributed by atoms with van der Waals surface area (Å²) in [4.78, 5) is 15.8. The van der Waals surface area contributed by atoms with Crippen molar-refractivity contribution in [1.82, 2.24) is 4.98 Å². The van der Waals surface area contributed by atoms with E-state index < -0.39 is 5.91 Å². The zero-order valence-corrected chi connectivity index (χ0v) is 12.3. The minimum atomic E-state index is -0.410. The van der Waals surface area contributed by atoms with Crippen molar-refractivity contribution in [2.75, 3.05) is 5.32 Å². The molecule has 0 fully saturated rings. The number of halogens is 4. The summed E-state index contributed by atoms with van der Waals surface area (Å²) < 4.78 is 0. The first-order valence-electron chi connectivity index (χ1n) is 5.04. The monoisotopic (exact) mass is 334 g/mol. The van der Waals surface area contributed by atoms with Crippen LogP contribution in [0, 0.1) is 0 Å². The molecule has 2 rings (SSSR count). The van der Waals surface area contributed by atoms with Crippen LogP contribution in [0.2, 0.25) is 20.1 Å². The first kappa shape index (κ1) is 14.4. The van der Waals surface area contributed by atoms with Gasteiger partial charge in [0.1, 0.15) is 0 Å². The maximum absolute atomic E-state index is 12.0. The van der Waals surface area contributed by atoms with E-state index in [1.54, 1.807) is 0 Å². The molecule has 19 heavy (non-hydrogen) atoms. The van der Waals surface area contributed by atoms with E-state index in [2.05, 4.69) is 10.3 Å².